The number of hydrogen-bond acceptors (Lipinski definition) is 3. The van der Waals surface area contributed by atoms with Crippen LogP contribution in [0.4, 0.5) is 0 Å². The van der Waals surface area contributed by atoms with E-state index in [1.807, 2.05) is 0 Å². The number of hydrogen-bond donors (Lipinski definition) is 1. The van der Waals surface area contributed by atoms with Crippen LogP contribution >= 0.6 is 31.9 Å². The number of carbonyl (C=O) groups excluding carboxylic acids is 1. The third-order valence-electron chi connectivity index (χ3n) is 2.97. The third-order valence-corrected chi connectivity index (χ3v) is 3.61. The zero-order valence-corrected chi connectivity index (χ0v) is 14.0. The number of unbranched alkanes of at least 4 members (excludes halogenated alkanes) is 3. The lowest BCUT2D eigenvalue weighted by Gasteiger charge is -2.07. The van der Waals surface area contributed by atoms with E-state index < -0.39 is 6.10 Å². The summed E-state index contributed by atoms with van der Waals surface area (Å²) in [6, 6.07) is 0. The smallest absolute Gasteiger partial charge is 0.306 e. The molecule has 0 aromatic heterocycles. The molecule has 0 spiro atoms. The van der Waals surface area contributed by atoms with E-state index in [0.29, 0.717) is 6.42 Å². The topological polar surface area (TPSA) is 46.5 Å². The highest BCUT2D eigenvalue weighted by Crippen LogP contribution is 2.17. The molecule has 0 aromatic carbocycles. The van der Waals surface area contributed by atoms with Gasteiger partial charge in [0.05, 0.1) is 9.50 Å². The molecule has 0 amide bonds. The molecule has 1 heterocycles. The Labute approximate surface area is 131 Å². The lowest BCUT2D eigenvalue weighted by Crippen LogP contribution is -2.06. The fraction of sp³-hybridized carbons (Fsp3) is 0.643. The molecule has 0 aliphatic carbocycles. The van der Waals surface area contributed by atoms with Crippen molar-refractivity contribution in [2.45, 2.75) is 57.2 Å². The Kier molecular flexibility index (Phi) is 8.66. The second-order valence-corrected chi connectivity index (χ2v) is 7.42. The fourth-order valence-electron chi connectivity index (χ4n) is 1.92. The van der Waals surface area contributed by atoms with Crippen LogP contribution in [0, 0.1) is 0 Å². The Morgan fingerprint density at radius 1 is 1.42 bits per heavy atom. The summed E-state index contributed by atoms with van der Waals surface area (Å²) in [5.74, 6) is -0.143. The van der Waals surface area contributed by atoms with Gasteiger partial charge in [0, 0.05) is 6.42 Å². The second kappa shape index (κ2) is 9.72. The molecule has 1 N–H and O–H groups in total. The maximum Gasteiger partial charge on any atom is 0.306 e. The van der Waals surface area contributed by atoms with Gasteiger partial charge in [-0.1, -0.05) is 25.0 Å². The summed E-state index contributed by atoms with van der Waals surface area (Å²) < 4.78 is 6.03. The molecular formula is C14H20Br2O3. The monoisotopic (exact) mass is 394 g/mol. The van der Waals surface area contributed by atoms with Gasteiger partial charge in [0.15, 0.2) is 0 Å². The molecule has 1 rings (SSSR count). The first kappa shape index (κ1) is 16.9. The maximum absolute atomic E-state index is 10.9. The van der Waals surface area contributed by atoms with Crippen molar-refractivity contribution in [3.63, 3.8) is 0 Å². The van der Waals surface area contributed by atoms with E-state index in [-0.39, 0.29) is 12.1 Å². The van der Waals surface area contributed by atoms with Crippen molar-refractivity contribution in [2.75, 3.05) is 0 Å². The Bertz CT molecular complexity index is 336. The second-order valence-electron chi connectivity index (χ2n) is 4.65. The molecule has 1 fully saturated rings. The summed E-state index contributed by atoms with van der Waals surface area (Å²) in [5.41, 5.74) is 0. The van der Waals surface area contributed by atoms with Crippen LogP contribution in [0.1, 0.15) is 44.9 Å². The van der Waals surface area contributed by atoms with Gasteiger partial charge in [-0.15, -0.1) is 0 Å². The predicted octanol–water partition coefficient (Wildman–Crippen LogP) is 4.19. The van der Waals surface area contributed by atoms with Gasteiger partial charge >= 0.3 is 5.97 Å². The molecule has 19 heavy (non-hydrogen) atoms. The number of carbonyl (C=O) groups is 1. The Morgan fingerprint density at radius 2 is 2.21 bits per heavy atom. The van der Waals surface area contributed by atoms with Crippen LogP contribution in [0.3, 0.4) is 0 Å². The molecule has 0 radical (unpaired) electrons. The van der Waals surface area contributed by atoms with Crippen molar-refractivity contribution in [3.8, 4) is 0 Å². The predicted molar refractivity (Wildman–Crippen MR) is 83.3 cm³/mol. The number of aliphatic hydroxyl groups is 1. The van der Waals surface area contributed by atoms with Gasteiger partial charge in [0.25, 0.3) is 0 Å². The first-order chi connectivity index (χ1) is 9.08. The van der Waals surface area contributed by atoms with Crippen molar-refractivity contribution in [2.24, 2.45) is 0 Å². The van der Waals surface area contributed by atoms with Crippen molar-refractivity contribution >= 4 is 37.8 Å². The van der Waals surface area contributed by atoms with Crippen LogP contribution in [0.5, 0.6) is 0 Å². The molecule has 0 saturated carbocycles. The third kappa shape index (κ3) is 8.60. The summed E-state index contributed by atoms with van der Waals surface area (Å²) in [5, 5.41) is 9.77. The van der Waals surface area contributed by atoms with Crippen molar-refractivity contribution in [1.82, 2.24) is 0 Å². The molecule has 1 saturated heterocycles. The van der Waals surface area contributed by atoms with Crippen LogP contribution in [-0.2, 0) is 9.53 Å². The number of halogens is 2. The summed E-state index contributed by atoms with van der Waals surface area (Å²) >= 11 is 6.63. The molecule has 0 unspecified atom stereocenters. The average molecular weight is 396 g/mol. The van der Waals surface area contributed by atoms with Gasteiger partial charge in [-0.05, 0) is 63.6 Å². The fourth-order valence-corrected chi connectivity index (χ4v) is 2.37. The van der Waals surface area contributed by atoms with E-state index in [1.165, 1.54) is 0 Å². The van der Waals surface area contributed by atoms with E-state index in [1.54, 1.807) is 12.2 Å². The lowest BCUT2D eigenvalue weighted by atomic mass is 10.1. The number of ether oxygens (including phenoxy) is 1. The highest BCUT2D eigenvalue weighted by Gasteiger charge is 2.20. The normalized spacial score (nSPS) is 20.6. The van der Waals surface area contributed by atoms with Crippen LogP contribution in [0.25, 0.3) is 0 Å². The zero-order chi connectivity index (χ0) is 14.1. The summed E-state index contributed by atoms with van der Waals surface area (Å²) in [4.78, 5) is 10.9. The van der Waals surface area contributed by atoms with Crippen molar-refractivity contribution < 1.29 is 14.6 Å². The molecule has 2 atom stereocenters. The number of rotatable bonds is 8. The zero-order valence-electron chi connectivity index (χ0n) is 10.9. The minimum absolute atomic E-state index is 0.136. The standard InChI is InChI=1S/C14H20Br2O3/c15-13(16)6-4-2-1-3-5-11(17)7-8-12-9-10-14(18)19-12/h6-8,11-12,17H,1-5,9-10H2/b8-7+/t11-,12-/m0/s1. The molecular weight excluding hydrogens is 376 g/mol. The molecule has 0 bridgehead atoms. The largest absolute Gasteiger partial charge is 0.458 e. The van der Waals surface area contributed by atoms with Gasteiger partial charge in [-0.3, -0.25) is 4.79 Å². The van der Waals surface area contributed by atoms with E-state index in [0.717, 1.165) is 41.9 Å². The summed E-state index contributed by atoms with van der Waals surface area (Å²) in [6.07, 6.45) is 11.3. The number of aliphatic hydroxyl groups excluding tert-OH is 1. The number of esters is 1. The van der Waals surface area contributed by atoms with E-state index >= 15 is 0 Å². The Hall–Kier alpha value is -0.130. The first-order valence-corrected chi connectivity index (χ1v) is 8.23. The number of cyclic esters (lactones) is 1. The van der Waals surface area contributed by atoms with E-state index in [9.17, 15) is 9.90 Å². The highest BCUT2D eigenvalue weighted by molar-refractivity contribution is 9.28. The van der Waals surface area contributed by atoms with Gasteiger partial charge in [-0.2, -0.15) is 0 Å². The maximum atomic E-state index is 10.9. The molecule has 3 nitrogen and oxygen atoms in total. The molecule has 0 aromatic rings. The average Bonchev–Trinajstić information content (AvgIpc) is 2.76. The van der Waals surface area contributed by atoms with Gasteiger partial charge < -0.3 is 9.84 Å². The number of allylic oxidation sites excluding steroid dienone is 1. The van der Waals surface area contributed by atoms with Gasteiger partial charge in [0.1, 0.15) is 6.10 Å². The van der Waals surface area contributed by atoms with Crippen LogP contribution in [-0.4, -0.2) is 23.3 Å². The van der Waals surface area contributed by atoms with Crippen molar-refractivity contribution in [1.29, 1.82) is 0 Å². The minimum Gasteiger partial charge on any atom is -0.458 e. The molecule has 108 valence electrons. The molecule has 5 heteroatoms. The first-order valence-electron chi connectivity index (χ1n) is 6.65. The van der Waals surface area contributed by atoms with Gasteiger partial charge in [-0.25, -0.2) is 0 Å². The summed E-state index contributed by atoms with van der Waals surface area (Å²) in [6.45, 7) is 0. The van der Waals surface area contributed by atoms with Crippen LogP contribution in [0.2, 0.25) is 0 Å². The summed E-state index contributed by atoms with van der Waals surface area (Å²) in [7, 11) is 0. The SMILES string of the molecule is O=C1CC[C@H](/C=C/[C@@H](O)CCCCCC=C(Br)Br)O1. The lowest BCUT2D eigenvalue weighted by molar-refractivity contribution is -0.140. The Balaban J connectivity index is 2.04. The quantitative estimate of drug-likeness (QED) is 0.380. The highest BCUT2D eigenvalue weighted by atomic mass is 79.9. The van der Waals surface area contributed by atoms with E-state index in [2.05, 4.69) is 37.9 Å². The van der Waals surface area contributed by atoms with Crippen LogP contribution < -0.4 is 0 Å². The van der Waals surface area contributed by atoms with Gasteiger partial charge in [0.2, 0.25) is 0 Å². The minimum atomic E-state index is -0.433. The van der Waals surface area contributed by atoms with E-state index in [4.69, 9.17) is 4.74 Å². The molecule has 1 aliphatic heterocycles. The molecule has 1 aliphatic rings. The Morgan fingerprint density at radius 3 is 2.84 bits per heavy atom. The van der Waals surface area contributed by atoms with Crippen molar-refractivity contribution in [3.05, 3.63) is 21.6 Å². The van der Waals surface area contributed by atoms with Crippen LogP contribution in [0.15, 0.2) is 21.6 Å².